The van der Waals surface area contributed by atoms with Crippen molar-refractivity contribution in [3.05, 3.63) is 0 Å². The van der Waals surface area contributed by atoms with Crippen LogP contribution in [-0.4, -0.2) is 29.0 Å². The number of aliphatic carboxylic acids is 1. The number of hydrogen-bond donors (Lipinski definition) is 2. The summed E-state index contributed by atoms with van der Waals surface area (Å²) < 4.78 is 31.7. The van der Waals surface area contributed by atoms with Crippen LogP contribution in [0.15, 0.2) is 0 Å². The Bertz CT molecular complexity index is 151. The van der Waals surface area contributed by atoms with Crippen molar-refractivity contribution in [3.8, 4) is 0 Å². The molecule has 0 fully saturated rings. The topological polar surface area (TPSA) is 57.5 Å². The van der Waals surface area contributed by atoms with Gasteiger partial charge in [-0.15, -0.1) is 0 Å². The second-order valence-corrected chi connectivity index (χ2v) is 2.94. The Morgan fingerprint density at radius 2 is 1.53 bits per heavy atom. The van der Waals surface area contributed by atoms with E-state index in [1.165, 1.54) is 25.7 Å². The normalized spacial score (nSPS) is 10.5. The van der Waals surface area contributed by atoms with Crippen LogP contribution < -0.4 is 0 Å². The molecule has 0 aromatic carbocycles. The highest BCUT2D eigenvalue weighted by atomic mass is 19.4. The first-order chi connectivity index (χ1) is 6.86. The molecule has 0 saturated carbocycles. The predicted molar refractivity (Wildman–Crippen MR) is 49.5 cm³/mol. The van der Waals surface area contributed by atoms with Gasteiger partial charge in [0.25, 0.3) is 0 Å². The summed E-state index contributed by atoms with van der Waals surface area (Å²) in [5, 5.41) is 15.5. The summed E-state index contributed by atoms with van der Waals surface area (Å²) in [6.45, 7) is 2.56. The first-order valence-electron chi connectivity index (χ1n) is 4.77. The van der Waals surface area contributed by atoms with Crippen molar-refractivity contribution in [2.45, 2.75) is 45.2 Å². The highest BCUT2D eigenvalue weighted by Gasteiger charge is 2.38. The van der Waals surface area contributed by atoms with E-state index in [-0.39, 0.29) is 0 Å². The van der Waals surface area contributed by atoms with E-state index >= 15 is 0 Å². The number of hydrogen-bond acceptors (Lipinski definition) is 2. The number of carboxylic acid groups (broad SMARTS) is 1. The largest absolute Gasteiger partial charge is 0.490 e. The number of carboxylic acids is 1. The van der Waals surface area contributed by atoms with Gasteiger partial charge in [-0.25, -0.2) is 4.79 Å². The molecule has 2 N–H and O–H groups in total. The van der Waals surface area contributed by atoms with Crippen molar-refractivity contribution in [1.82, 2.24) is 0 Å². The van der Waals surface area contributed by atoms with Crippen molar-refractivity contribution in [2.24, 2.45) is 0 Å². The maximum atomic E-state index is 10.6. The van der Waals surface area contributed by atoms with Gasteiger partial charge in [-0.1, -0.05) is 32.6 Å². The number of rotatable bonds is 5. The first-order valence-corrected chi connectivity index (χ1v) is 4.77. The first kappa shape index (κ1) is 16.6. The smallest absolute Gasteiger partial charge is 0.475 e. The summed E-state index contributed by atoms with van der Waals surface area (Å²) in [7, 11) is 0. The van der Waals surface area contributed by atoms with E-state index in [0.29, 0.717) is 6.61 Å². The molecule has 0 saturated heterocycles. The molecule has 0 radical (unpaired) electrons. The number of unbranched alkanes of at least 4 members (excludes halogenated alkanes) is 4. The van der Waals surface area contributed by atoms with E-state index in [2.05, 4.69) is 6.92 Å². The summed E-state index contributed by atoms with van der Waals surface area (Å²) >= 11 is 0. The lowest BCUT2D eigenvalue weighted by atomic mass is 10.2. The lowest BCUT2D eigenvalue weighted by Gasteiger charge is -1.93. The molecular weight excluding hydrogens is 213 g/mol. The Balaban J connectivity index is 0. The molecule has 0 aliphatic carbocycles. The van der Waals surface area contributed by atoms with Crippen molar-refractivity contribution in [2.75, 3.05) is 6.61 Å². The van der Waals surface area contributed by atoms with Gasteiger partial charge in [0.1, 0.15) is 0 Å². The molecule has 6 heteroatoms. The standard InChI is InChI=1S/C7H16O.C2HF3O2/c1-2-3-4-5-6-7-8;3-2(4,5)1(6)7/h8H,2-7H2,1H3;(H,6,7). The molecular formula is C9H17F3O3. The van der Waals surface area contributed by atoms with Gasteiger partial charge in [-0.3, -0.25) is 0 Å². The van der Waals surface area contributed by atoms with Gasteiger partial charge in [0.2, 0.25) is 0 Å². The Labute approximate surface area is 86.9 Å². The second kappa shape index (κ2) is 9.76. The van der Waals surface area contributed by atoms with Crippen LogP contribution in [0.5, 0.6) is 0 Å². The number of aliphatic hydroxyl groups excluding tert-OH is 1. The maximum Gasteiger partial charge on any atom is 0.490 e. The van der Waals surface area contributed by atoms with Crippen molar-refractivity contribution in [1.29, 1.82) is 0 Å². The average Bonchev–Trinajstić information content (AvgIpc) is 2.12. The Morgan fingerprint density at radius 3 is 1.80 bits per heavy atom. The van der Waals surface area contributed by atoms with Gasteiger partial charge in [0, 0.05) is 6.61 Å². The van der Waals surface area contributed by atoms with E-state index in [1.54, 1.807) is 0 Å². The fourth-order valence-corrected chi connectivity index (χ4v) is 0.715. The molecule has 3 nitrogen and oxygen atoms in total. The fraction of sp³-hybridized carbons (Fsp3) is 0.889. The summed E-state index contributed by atoms with van der Waals surface area (Å²) in [6.07, 6.45) is 0.993. The van der Waals surface area contributed by atoms with Crippen molar-refractivity contribution in [3.63, 3.8) is 0 Å². The fourth-order valence-electron chi connectivity index (χ4n) is 0.715. The number of aliphatic hydroxyl groups is 1. The van der Waals surface area contributed by atoms with E-state index in [0.717, 1.165) is 6.42 Å². The van der Waals surface area contributed by atoms with Gasteiger partial charge < -0.3 is 10.2 Å². The monoisotopic (exact) mass is 230 g/mol. The molecule has 0 aliphatic rings. The Kier molecular flexibility index (Phi) is 10.8. The number of halogens is 3. The molecule has 0 bridgehead atoms. The Hall–Kier alpha value is -0.780. The second-order valence-electron chi connectivity index (χ2n) is 2.94. The highest BCUT2D eigenvalue weighted by molar-refractivity contribution is 5.73. The molecule has 0 spiro atoms. The van der Waals surface area contributed by atoms with Crippen LogP contribution in [0.2, 0.25) is 0 Å². The van der Waals surface area contributed by atoms with E-state index in [4.69, 9.17) is 15.0 Å². The quantitative estimate of drug-likeness (QED) is 0.713. The number of carbonyl (C=O) groups is 1. The lowest BCUT2D eigenvalue weighted by molar-refractivity contribution is -0.192. The molecule has 0 rings (SSSR count). The molecule has 0 unspecified atom stereocenters. The average molecular weight is 230 g/mol. The molecule has 92 valence electrons. The number of alkyl halides is 3. The van der Waals surface area contributed by atoms with Gasteiger partial charge in [0.15, 0.2) is 0 Å². The minimum absolute atomic E-state index is 0.365. The van der Waals surface area contributed by atoms with E-state index in [9.17, 15) is 13.2 Å². The van der Waals surface area contributed by atoms with Crippen LogP contribution in [-0.2, 0) is 4.79 Å². The van der Waals surface area contributed by atoms with Gasteiger partial charge in [0.05, 0.1) is 0 Å². The van der Waals surface area contributed by atoms with Gasteiger partial charge in [-0.05, 0) is 6.42 Å². The molecule has 0 aliphatic heterocycles. The minimum atomic E-state index is -5.08. The molecule has 0 atom stereocenters. The van der Waals surface area contributed by atoms with Crippen LogP contribution in [0.1, 0.15) is 39.0 Å². The van der Waals surface area contributed by atoms with Crippen LogP contribution in [0.25, 0.3) is 0 Å². The molecule has 0 aromatic heterocycles. The third-order valence-electron chi connectivity index (χ3n) is 1.50. The molecule has 15 heavy (non-hydrogen) atoms. The third-order valence-corrected chi connectivity index (χ3v) is 1.50. The predicted octanol–water partition coefficient (Wildman–Crippen LogP) is 2.58. The molecule has 0 aromatic rings. The van der Waals surface area contributed by atoms with Crippen LogP contribution in [0, 0.1) is 0 Å². The Morgan fingerprint density at radius 1 is 1.13 bits per heavy atom. The highest BCUT2D eigenvalue weighted by Crippen LogP contribution is 2.13. The zero-order valence-corrected chi connectivity index (χ0v) is 8.68. The summed E-state index contributed by atoms with van der Waals surface area (Å²) in [4.78, 5) is 8.90. The zero-order chi connectivity index (χ0) is 12.3. The minimum Gasteiger partial charge on any atom is -0.475 e. The van der Waals surface area contributed by atoms with Crippen LogP contribution in [0.3, 0.4) is 0 Å². The van der Waals surface area contributed by atoms with Crippen molar-refractivity contribution < 1.29 is 28.2 Å². The van der Waals surface area contributed by atoms with Crippen LogP contribution in [0.4, 0.5) is 13.2 Å². The molecule has 0 heterocycles. The summed E-state index contributed by atoms with van der Waals surface area (Å²) in [5.74, 6) is -2.76. The van der Waals surface area contributed by atoms with E-state index in [1.807, 2.05) is 0 Å². The van der Waals surface area contributed by atoms with E-state index < -0.39 is 12.1 Å². The lowest BCUT2D eigenvalue weighted by Crippen LogP contribution is -2.21. The van der Waals surface area contributed by atoms with Gasteiger partial charge in [-0.2, -0.15) is 13.2 Å². The summed E-state index contributed by atoms with van der Waals surface area (Å²) in [5.41, 5.74) is 0. The van der Waals surface area contributed by atoms with Gasteiger partial charge >= 0.3 is 12.1 Å². The summed E-state index contributed by atoms with van der Waals surface area (Å²) in [6, 6.07) is 0. The SMILES string of the molecule is CCCCCCCO.O=C(O)C(F)(F)F. The van der Waals surface area contributed by atoms with Crippen molar-refractivity contribution >= 4 is 5.97 Å². The maximum absolute atomic E-state index is 10.6. The zero-order valence-electron chi connectivity index (χ0n) is 8.68. The third kappa shape index (κ3) is 15.9. The van der Waals surface area contributed by atoms with Crippen LogP contribution >= 0.6 is 0 Å². The molecule has 0 amide bonds.